The summed E-state index contributed by atoms with van der Waals surface area (Å²) in [6.07, 6.45) is 1.35. The van der Waals surface area contributed by atoms with Gasteiger partial charge in [0, 0.05) is 24.9 Å². The van der Waals surface area contributed by atoms with Crippen LogP contribution in [0.2, 0.25) is 0 Å². The van der Waals surface area contributed by atoms with Crippen LogP contribution in [0.1, 0.15) is 31.3 Å². The maximum absolute atomic E-state index is 10.9. The third-order valence-corrected chi connectivity index (χ3v) is 4.84. The van der Waals surface area contributed by atoms with Crippen molar-refractivity contribution >= 4 is 16.9 Å². The molecule has 6 N–H and O–H groups in total. The van der Waals surface area contributed by atoms with Gasteiger partial charge in [-0.25, -0.2) is 15.0 Å². The molecule has 0 radical (unpaired) electrons. The number of hydrogen-bond donors (Lipinski definition) is 5. The molecule has 0 amide bonds. The van der Waals surface area contributed by atoms with Crippen molar-refractivity contribution in [1.82, 2.24) is 19.5 Å². The number of rotatable bonds is 5. The van der Waals surface area contributed by atoms with E-state index >= 15 is 0 Å². The smallest absolute Gasteiger partial charge is 0.163 e. The van der Waals surface area contributed by atoms with E-state index in [9.17, 15) is 20.4 Å². The van der Waals surface area contributed by atoms with E-state index in [-0.39, 0.29) is 18.1 Å². The molecule has 0 fully saturated rings. The maximum atomic E-state index is 10.9. The van der Waals surface area contributed by atoms with Crippen molar-refractivity contribution in [3.8, 4) is 11.8 Å². The summed E-state index contributed by atoms with van der Waals surface area (Å²) in [7, 11) is 0. The minimum absolute atomic E-state index is 0.162. The Hall–Kier alpha value is -3.03. The number of pyridine rings is 1. The highest BCUT2D eigenvalue weighted by atomic mass is 16.4. The molecule has 152 valence electrons. The third kappa shape index (κ3) is 3.92. The van der Waals surface area contributed by atoms with Gasteiger partial charge in [0.05, 0.1) is 17.1 Å². The number of hydrogen-bond acceptors (Lipinski definition) is 8. The van der Waals surface area contributed by atoms with Gasteiger partial charge >= 0.3 is 0 Å². The Morgan fingerprint density at radius 1 is 1.21 bits per heavy atom. The summed E-state index contributed by atoms with van der Waals surface area (Å²) >= 11 is 0. The van der Waals surface area contributed by atoms with Gasteiger partial charge in [-0.05, 0) is 25.0 Å². The molecule has 0 aliphatic heterocycles. The second-order valence-electron chi connectivity index (χ2n) is 7.08. The van der Waals surface area contributed by atoms with Crippen molar-refractivity contribution in [3.05, 3.63) is 48.2 Å². The monoisotopic (exact) mass is 397 g/mol. The van der Waals surface area contributed by atoms with Crippen LogP contribution >= 0.6 is 0 Å². The Morgan fingerprint density at radius 2 is 1.97 bits per heavy atom. The van der Waals surface area contributed by atoms with E-state index in [1.165, 1.54) is 24.0 Å². The van der Waals surface area contributed by atoms with Gasteiger partial charge in [-0.15, -0.1) is 0 Å². The molecule has 2 unspecified atom stereocenters. The van der Waals surface area contributed by atoms with Crippen LogP contribution in [0.4, 0.5) is 5.82 Å². The van der Waals surface area contributed by atoms with Gasteiger partial charge in [0.2, 0.25) is 0 Å². The first-order chi connectivity index (χ1) is 13.8. The highest BCUT2D eigenvalue weighted by Gasteiger charge is 2.42. The van der Waals surface area contributed by atoms with Crippen LogP contribution in [0.3, 0.4) is 0 Å². The molecule has 3 heterocycles. The molecule has 0 aromatic carbocycles. The van der Waals surface area contributed by atoms with Crippen molar-refractivity contribution in [1.29, 1.82) is 0 Å². The minimum atomic E-state index is -1.99. The zero-order chi connectivity index (χ0) is 21.2. The standard InChI is InChI=1S/C20H23N5O4/c1-12(10-26)16(27)20(2,29)19(28)25-9-13(6-7-14-5-3-4-8-22-14)15-17(21)23-11-24-18(15)25/h3-5,8-9,11-12,16,19,26-29H,10H2,1-2H3,(H2,21,23,24)/t12?,16-,19?,20-/m1/s1. The van der Waals surface area contributed by atoms with E-state index in [0.29, 0.717) is 16.6 Å². The summed E-state index contributed by atoms with van der Waals surface area (Å²) < 4.78 is 1.28. The molecule has 3 rings (SSSR count). The van der Waals surface area contributed by atoms with E-state index < -0.39 is 23.9 Å². The van der Waals surface area contributed by atoms with Gasteiger partial charge in [-0.2, -0.15) is 0 Å². The summed E-state index contributed by atoms with van der Waals surface area (Å²) in [5, 5.41) is 41.7. The molecule has 29 heavy (non-hydrogen) atoms. The number of aliphatic hydroxyl groups is 4. The van der Waals surface area contributed by atoms with E-state index in [1.54, 1.807) is 25.3 Å². The molecular formula is C20H23N5O4. The number of aliphatic hydroxyl groups excluding tert-OH is 3. The molecule has 9 nitrogen and oxygen atoms in total. The second-order valence-corrected chi connectivity index (χ2v) is 7.08. The lowest BCUT2D eigenvalue weighted by molar-refractivity contribution is -0.178. The lowest BCUT2D eigenvalue weighted by atomic mass is 9.88. The average molecular weight is 397 g/mol. The first-order valence-corrected chi connectivity index (χ1v) is 9.00. The van der Waals surface area contributed by atoms with Gasteiger partial charge in [0.1, 0.15) is 29.1 Å². The summed E-state index contributed by atoms with van der Waals surface area (Å²) in [6.45, 7) is 2.49. The molecular weight excluding hydrogens is 374 g/mol. The third-order valence-electron chi connectivity index (χ3n) is 4.84. The Bertz CT molecular complexity index is 1060. The minimum Gasteiger partial charge on any atom is -0.396 e. The number of fused-ring (bicyclic) bond motifs is 1. The van der Waals surface area contributed by atoms with Crippen LogP contribution in [-0.4, -0.2) is 58.3 Å². The van der Waals surface area contributed by atoms with Crippen LogP contribution in [0, 0.1) is 17.8 Å². The fourth-order valence-electron chi connectivity index (χ4n) is 3.07. The SMILES string of the molecule is CC(CO)[C@@H](O)[C@@](C)(O)C(O)n1cc(C#Cc2ccccn2)c2c(N)ncnc21. The normalized spacial score (nSPS) is 16.5. The Balaban J connectivity index is 2.10. The summed E-state index contributed by atoms with van der Waals surface area (Å²) in [6, 6.07) is 5.33. The number of nitrogens with two attached hydrogens (primary N) is 1. The van der Waals surface area contributed by atoms with E-state index in [4.69, 9.17) is 5.73 Å². The highest BCUT2D eigenvalue weighted by Crippen LogP contribution is 2.33. The Labute approximate surface area is 167 Å². The lowest BCUT2D eigenvalue weighted by Crippen LogP contribution is -2.50. The second kappa shape index (κ2) is 8.14. The zero-order valence-corrected chi connectivity index (χ0v) is 16.1. The maximum Gasteiger partial charge on any atom is 0.163 e. The molecule has 0 aliphatic rings. The van der Waals surface area contributed by atoms with Crippen LogP contribution in [0.25, 0.3) is 11.0 Å². The van der Waals surface area contributed by atoms with E-state index in [0.717, 1.165) is 0 Å². The summed E-state index contributed by atoms with van der Waals surface area (Å²) in [5.74, 6) is 5.36. The van der Waals surface area contributed by atoms with Crippen molar-refractivity contribution in [3.63, 3.8) is 0 Å². The van der Waals surface area contributed by atoms with E-state index in [2.05, 4.69) is 26.8 Å². The molecule has 3 aromatic heterocycles. The van der Waals surface area contributed by atoms with Gasteiger partial charge in [0.15, 0.2) is 6.23 Å². The first kappa shape index (κ1) is 20.7. The Morgan fingerprint density at radius 3 is 2.62 bits per heavy atom. The van der Waals surface area contributed by atoms with Crippen molar-refractivity contribution in [2.75, 3.05) is 12.3 Å². The molecule has 0 bridgehead atoms. The van der Waals surface area contributed by atoms with Crippen LogP contribution in [-0.2, 0) is 0 Å². The molecule has 0 saturated carbocycles. The molecule has 0 saturated heterocycles. The Kier molecular flexibility index (Phi) is 5.81. The fourth-order valence-corrected chi connectivity index (χ4v) is 3.07. The van der Waals surface area contributed by atoms with Crippen LogP contribution in [0.5, 0.6) is 0 Å². The van der Waals surface area contributed by atoms with Crippen LogP contribution < -0.4 is 5.73 Å². The molecule has 3 aromatic rings. The largest absolute Gasteiger partial charge is 0.396 e. The average Bonchev–Trinajstić information content (AvgIpc) is 3.11. The molecule has 0 spiro atoms. The van der Waals surface area contributed by atoms with Crippen molar-refractivity contribution < 1.29 is 20.4 Å². The quantitative estimate of drug-likeness (QED) is 0.379. The fraction of sp³-hybridized carbons (Fsp3) is 0.350. The molecule has 0 aliphatic carbocycles. The van der Waals surface area contributed by atoms with E-state index in [1.807, 2.05) is 6.07 Å². The number of anilines is 1. The topological polar surface area (TPSA) is 151 Å². The lowest BCUT2D eigenvalue weighted by Gasteiger charge is -2.36. The number of aromatic nitrogens is 4. The molecule has 4 atom stereocenters. The zero-order valence-electron chi connectivity index (χ0n) is 16.1. The van der Waals surface area contributed by atoms with Gasteiger partial charge in [-0.1, -0.05) is 18.9 Å². The van der Waals surface area contributed by atoms with Crippen molar-refractivity contribution in [2.24, 2.45) is 5.92 Å². The van der Waals surface area contributed by atoms with Crippen molar-refractivity contribution in [2.45, 2.75) is 31.8 Å². The first-order valence-electron chi connectivity index (χ1n) is 9.00. The number of nitrogens with zero attached hydrogens (tertiary/aromatic N) is 4. The van der Waals surface area contributed by atoms with Gasteiger partial charge in [0.25, 0.3) is 0 Å². The number of nitrogen functional groups attached to an aromatic ring is 1. The van der Waals surface area contributed by atoms with Crippen LogP contribution in [0.15, 0.2) is 36.9 Å². The summed E-state index contributed by atoms with van der Waals surface area (Å²) in [5.41, 5.74) is 5.25. The van der Waals surface area contributed by atoms with Gasteiger partial charge in [-0.3, -0.25) is 0 Å². The predicted octanol–water partition coefficient (Wildman–Crippen LogP) is 0.0395. The predicted molar refractivity (Wildman–Crippen MR) is 106 cm³/mol. The highest BCUT2D eigenvalue weighted by molar-refractivity contribution is 5.92. The van der Waals surface area contributed by atoms with Gasteiger partial charge < -0.3 is 30.7 Å². The molecule has 9 heteroatoms. The summed E-state index contributed by atoms with van der Waals surface area (Å²) in [4.78, 5) is 12.3.